The maximum absolute atomic E-state index is 14.1. The van der Waals surface area contributed by atoms with Crippen LogP contribution in [-0.2, 0) is 4.79 Å². The highest BCUT2D eigenvalue weighted by Gasteiger charge is 2.12. The van der Waals surface area contributed by atoms with Crippen LogP contribution in [-0.4, -0.2) is 39.0 Å². The van der Waals surface area contributed by atoms with Crippen LogP contribution in [0.15, 0.2) is 30.7 Å². The normalized spacial score (nSPS) is 10.9. The van der Waals surface area contributed by atoms with Crippen molar-refractivity contribution in [2.45, 2.75) is 0 Å². The van der Waals surface area contributed by atoms with Crippen LogP contribution < -0.4 is 10.5 Å². The van der Waals surface area contributed by atoms with Gasteiger partial charge >= 0.3 is 0 Å². The number of H-pyrrole nitrogens is 1. The topological polar surface area (TPSA) is 111 Å². The number of nitrogens with two attached hydrogens (primary N) is 1. The number of aromatic amines is 1. The maximum Gasteiger partial charge on any atom is 0.250 e. The average Bonchev–Trinajstić information content (AvgIpc) is 3.03. The fourth-order valence-corrected chi connectivity index (χ4v) is 2.21. The van der Waals surface area contributed by atoms with E-state index in [1.807, 2.05) is 0 Å². The smallest absolute Gasteiger partial charge is 0.250 e. The summed E-state index contributed by atoms with van der Waals surface area (Å²) in [6, 6.07) is 1.24. The molecule has 0 radical (unpaired) electrons. The third-order valence-electron chi connectivity index (χ3n) is 3.38. The highest BCUT2D eigenvalue weighted by atomic mass is 19.1. The summed E-state index contributed by atoms with van der Waals surface area (Å²) >= 11 is 0. The number of primary amides is 1. The Kier molecular flexibility index (Phi) is 4.85. The third-order valence-corrected chi connectivity index (χ3v) is 3.38. The van der Waals surface area contributed by atoms with Gasteiger partial charge in [0.25, 0.3) is 5.88 Å². The molecule has 0 saturated carbocycles. The minimum Gasteiger partial charge on any atom is -0.468 e. The maximum atomic E-state index is 14.1. The molecule has 3 aromatic rings. The number of amides is 1. The Morgan fingerprint density at radius 1 is 1.42 bits per heavy atom. The first kappa shape index (κ1) is 17.0. The zero-order valence-electron chi connectivity index (χ0n) is 13.4. The van der Waals surface area contributed by atoms with Gasteiger partial charge < -0.3 is 20.3 Å². The number of carbonyl (C=O) groups excluding carboxylic acids is 1. The van der Waals surface area contributed by atoms with Gasteiger partial charge in [-0.05, 0) is 12.1 Å². The van der Waals surface area contributed by atoms with Crippen LogP contribution in [0.1, 0.15) is 5.56 Å². The molecule has 0 unspecified atom stereocenters. The number of nitrogens with zero attached hydrogens (tertiary/aromatic N) is 4. The van der Waals surface area contributed by atoms with Gasteiger partial charge in [-0.2, -0.15) is 0 Å². The summed E-state index contributed by atoms with van der Waals surface area (Å²) in [5, 5.41) is 0. The van der Waals surface area contributed by atoms with Crippen molar-refractivity contribution in [2.75, 3.05) is 13.2 Å². The quantitative estimate of drug-likeness (QED) is 0.400. The van der Waals surface area contributed by atoms with Gasteiger partial charge in [-0.3, -0.25) is 4.79 Å². The molecule has 0 aliphatic heterocycles. The van der Waals surface area contributed by atoms with Crippen molar-refractivity contribution in [3.05, 3.63) is 53.5 Å². The molecular weight excluding hydrogens is 339 g/mol. The van der Waals surface area contributed by atoms with Crippen LogP contribution in [0.5, 0.6) is 5.88 Å². The van der Waals surface area contributed by atoms with E-state index in [0.717, 1.165) is 0 Å². The lowest BCUT2D eigenvalue weighted by Crippen LogP contribution is -2.05. The van der Waals surface area contributed by atoms with Gasteiger partial charge in [0.1, 0.15) is 5.52 Å². The molecule has 9 heteroatoms. The summed E-state index contributed by atoms with van der Waals surface area (Å²) in [7, 11) is 0. The van der Waals surface area contributed by atoms with Crippen molar-refractivity contribution in [3.63, 3.8) is 0 Å². The molecule has 0 atom stereocenters. The molecule has 0 aliphatic rings. The minimum atomic E-state index is -0.655. The average molecular weight is 352 g/mol. The summed E-state index contributed by atoms with van der Waals surface area (Å²) in [5.74, 6) is -1.40. The monoisotopic (exact) mass is 352 g/mol. The molecule has 3 N–H and O–H groups in total. The Morgan fingerprint density at radius 3 is 3.00 bits per heavy atom. The molecule has 1 amide bonds. The molecule has 0 aliphatic carbocycles. The Hall–Kier alpha value is -3.80. The van der Waals surface area contributed by atoms with Gasteiger partial charge in [-0.15, -0.1) is 0 Å². The fourth-order valence-electron chi connectivity index (χ4n) is 2.21. The van der Waals surface area contributed by atoms with E-state index in [1.165, 1.54) is 30.6 Å². The Morgan fingerprint density at radius 2 is 2.27 bits per heavy atom. The van der Waals surface area contributed by atoms with Crippen molar-refractivity contribution in [3.8, 4) is 17.1 Å². The number of rotatable bonds is 6. The molecule has 130 valence electrons. The van der Waals surface area contributed by atoms with E-state index in [-0.39, 0.29) is 19.0 Å². The van der Waals surface area contributed by atoms with Gasteiger partial charge in [0.05, 0.1) is 11.9 Å². The number of hydrogen-bond acceptors (Lipinski definition) is 5. The SMILES string of the molecule is [C-]#[N+]CCOc1ncc(-c2cnc3[nH]cc(/C=C/C(N)=O)c3n2)cc1F. The van der Waals surface area contributed by atoms with Gasteiger partial charge in [-0.1, -0.05) is 0 Å². The van der Waals surface area contributed by atoms with E-state index < -0.39 is 11.7 Å². The number of fused-ring (bicyclic) bond motifs is 1. The summed E-state index contributed by atoms with van der Waals surface area (Å²) in [6.07, 6.45) is 7.27. The molecule has 3 heterocycles. The summed E-state index contributed by atoms with van der Waals surface area (Å²) < 4.78 is 19.2. The van der Waals surface area contributed by atoms with Crippen LogP contribution in [0, 0.1) is 12.4 Å². The van der Waals surface area contributed by atoms with Gasteiger partial charge in [0.2, 0.25) is 12.5 Å². The van der Waals surface area contributed by atoms with E-state index in [4.69, 9.17) is 17.0 Å². The van der Waals surface area contributed by atoms with Crippen molar-refractivity contribution in [2.24, 2.45) is 5.73 Å². The molecule has 3 aromatic heterocycles. The van der Waals surface area contributed by atoms with E-state index in [2.05, 4.69) is 24.8 Å². The van der Waals surface area contributed by atoms with Crippen LogP contribution in [0.3, 0.4) is 0 Å². The lowest BCUT2D eigenvalue weighted by Gasteiger charge is -2.05. The third kappa shape index (κ3) is 3.64. The van der Waals surface area contributed by atoms with E-state index in [0.29, 0.717) is 28.0 Å². The van der Waals surface area contributed by atoms with E-state index in [1.54, 1.807) is 6.20 Å². The molecule has 0 saturated heterocycles. The van der Waals surface area contributed by atoms with Crippen LogP contribution in [0.25, 0.3) is 33.3 Å². The molecule has 0 aromatic carbocycles. The van der Waals surface area contributed by atoms with Crippen LogP contribution in [0.2, 0.25) is 0 Å². The Labute approximate surface area is 147 Å². The van der Waals surface area contributed by atoms with Crippen LogP contribution >= 0.6 is 0 Å². The molecular formula is C17H13FN6O2. The number of ether oxygens (including phenoxy) is 1. The number of carbonyl (C=O) groups is 1. The highest BCUT2D eigenvalue weighted by Crippen LogP contribution is 2.24. The highest BCUT2D eigenvalue weighted by molar-refractivity contribution is 5.93. The van der Waals surface area contributed by atoms with E-state index >= 15 is 0 Å². The first-order valence-electron chi connectivity index (χ1n) is 7.52. The molecule has 0 bridgehead atoms. The molecule has 3 rings (SSSR count). The van der Waals surface area contributed by atoms with Crippen molar-refractivity contribution in [1.29, 1.82) is 0 Å². The zero-order chi connectivity index (χ0) is 18.5. The van der Waals surface area contributed by atoms with E-state index in [9.17, 15) is 9.18 Å². The minimum absolute atomic E-state index is 0.0669. The first-order chi connectivity index (χ1) is 12.6. The second-order valence-electron chi connectivity index (χ2n) is 5.17. The zero-order valence-corrected chi connectivity index (χ0v) is 13.4. The standard InChI is InChI=1S/C17H13FN6O2/c1-20-4-5-26-17-12(18)6-11(8-23-17)13-9-22-16-15(24-13)10(7-21-16)2-3-14(19)25/h2-3,6-9H,4-5H2,(H2,19,25)(H,21,22)/b3-2+. The van der Waals surface area contributed by atoms with Crippen molar-refractivity contribution in [1.82, 2.24) is 19.9 Å². The summed E-state index contributed by atoms with van der Waals surface area (Å²) in [5.41, 5.74) is 7.58. The Bertz CT molecular complexity index is 1040. The molecule has 0 fully saturated rings. The number of halogens is 1. The van der Waals surface area contributed by atoms with Gasteiger partial charge in [-0.25, -0.2) is 25.9 Å². The molecule has 8 nitrogen and oxygen atoms in total. The molecule has 0 spiro atoms. The van der Waals surface area contributed by atoms with Crippen LogP contribution in [0.4, 0.5) is 4.39 Å². The second-order valence-corrected chi connectivity index (χ2v) is 5.17. The largest absolute Gasteiger partial charge is 0.468 e. The first-order valence-corrected chi connectivity index (χ1v) is 7.52. The van der Waals surface area contributed by atoms with Crippen molar-refractivity contribution >= 4 is 23.1 Å². The number of pyridine rings is 1. The predicted molar refractivity (Wildman–Crippen MR) is 92.3 cm³/mol. The number of aromatic nitrogens is 4. The Balaban J connectivity index is 1.92. The van der Waals surface area contributed by atoms with Crippen molar-refractivity contribution < 1.29 is 13.9 Å². The second kappa shape index (κ2) is 7.40. The summed E-state index contributed by atoms with van der Waals surface area (Å²) in [6.45, 7) is 6.87. The summed E-state index contributed by atoms with van der Waals surface area (Å²) in [4.78, 5) is 29.6. The number of nitrogens with one attached hydrogen (secondary N) is 1. The predicted octanol–water partition coefficient (Wildman–Crippen LogP) is 1.96. The van der Waals surface area contributed by atoms with Gasteiger partial charge in [0, 0.05) is 29.6 Å². The van der Waals surface area contributed by atoms with Gasteiger partial charge in [0.15, 0.2) is 18.1 Å². The lowest BCUT2D eigenvalue weighted by atomic mass is 10.2. The lowest BCUT2D eigenvalue weighted by molar-refractivity contribution is -0.113. The molecule has 26 heavy (non-hydrogen) atoms. The fraction of sp³-hybridized carbons (Fsp3) is 0.118. The number of hydrogen-bond donors (Lipinski definition) is 2.